The predicted octanol–water partition coefficient (Wildman–Crippen LogP) is 3.45. The van der Waals surface area contributed by atoms with Gasteiger partial charge in [-0.15, -0.1) is 0 Å². The molecule has 2 amide bonds. The summed E-state index contributed by atoms with van der Waals surface area (Å²) in [4.78, 5) is 26.7. The van der Waals surface area contributed by atoms with Gasteiger partial charge in [-0.05, 0) is 42.2 Å². The minimum Gasteiger partial charge on any atom is -0.349 e. The topological polar surface area (TPSA) is 49.4 Å². The van der Waals surface area contributed by atoms with Gasteiger partial charge in [-0.3, -0.25) is 9.59 Å². The number of anilines is 1. The number of rotatable bonds is 4. The molecule has 2 aromatic rings. The molecule has 2 aliphatic rings. The Bertz CT molecular complexity index is 795. The van der Waals surface area contributed by atoms with Crippen LogP contribution in [0.2, 0.25) is 0 Å². The summed E-state index contributed by atoms with van der Waals surface area (Å²) >= 11 is 0. The van der Waals surface area contributed by atoms with Gasteiger partial charge in [0.05, 0.1) is 13.0 Å². The van der Waals surface area contributed by atoms with E-state index in [1.165, 1.54) is 12.8 Å². The van der Waals surface area contributed by atoms with E-state index < -0.39 is 0 Å². The molecule has 1 fully saturated rings. The Labute approximate surface area is 147 Å². The monoisotopic (exact) mass is 334 g/mol. The maximum Gasteiger partial charge on any atom is 0.251 e. The lowest BCUT2D eigenvalue weighted by Crippen LogP contribution is -2.32. The van der Waals surface area contributed by atoms with Gasteiger partial charge in [-0.25, -0.2) is 0 Å². The van der Waals surface area contributed by atoms with Crippen molar-refractivity contribution in [2.75, 3.05) is 4.90 Å². The molecule has 128 valence electrons. The minimum atomic E-state index is -0.0244. The molecule has 2 aromatic carbocycles. The largest absolute Gasteiger partial charge is 0.349 e. The van der Waals surface area contributed by atoms with E-state index in [1.54, 1.807) is 0 Å². The van der Waals surface area contributed by atoms with Gasteiger partial charge in [0, 0.05) is 17.3 Å². The summed E-state index contributed by atoms with van der Waals surface area (Å²) in [5, 5.41) is 3.11. The van der Waals surface area contributed by atoms with Crippen LogP contribution in [0.15, 0.2) is 48.5 Å². The fraction of sp³-hybridized carbons (Fsp3) is 0.333. The molecular formula is C21H22N2O2. The molecule has 0 bridgehead atoms. The van der Waals surface area contributed by atoms with Gasteiger partial charge < -0.3 is 10.2 Å². The second-order valence-electron chi connectivity index (χ2n) is 6.94. The van der Waals surface area contributed by atoms with E-state index in [2.05, 4.69) is 5.32 Å². The third-order valence-electron chi connectivity index (χ3n) is 5.15. The fourth-order valence-electron chi connectivity index (χ4n) is 3.80. The first-order valence-electron chi connectivity index (χ1n) is 8.99. The molecule has 25 heavy (non-hydrogen) atoms. The maximum absolute atomic E-state index is 12.4. The zero-order chi connectivity index (χ0) is 17.2. The first kappa shape index (κ1) is 15.9. The van der Waals surface area contributed by atoms with E-state index in [0.29, 0.717) is 24.6 Å². The van der Waals surface area contributed by atoms with Crippen molar-refractivity contribution in [3.05, 3.63) is 65.2 Å². The SMILES string of the molecule is O=C(NC1CCCC1)c1ccc2c(c1)CC(=O)N2Cc1ccccc1. The molecule has 1 aliphatic carbocycles. The molecule has 4 heteroatoms. The third kappa shape index (κ3) is 3.29. The van der Waals surface area contributed by atoms with Gasteiger partial charge in [0.1, 0.15) is 0 Å². The molecular weight excluding hydrogens is 312 g/mol. The van der Waals surface area contributed by atoms with Crippen molar-refractivity contribution in [2.45, 2.75) is 44.7 Å². The van der Waals surface area contributed by atoms with Gasteiger partial charge in [0.2, 0.25) is 5.91 Å². The summed E-state index contributed by atoms with van der Waals surface area (Å²) in [7, 11) is 0. The van der Waals surface area contributed by atoms with E-state index in [-0.39, 0.29) is 11.8 Å². The highest BCUT2D eigenvalue weighted by Gasteiger charge is 2.28. The number of nitrogens with zero attached hydrogens (tertiary/aromatic N) is 1. The number of hydrogen-bond acceptors (Lipinski definition) is 2. The average Bonchev–Trinajstić information content (AvgIpc) is 3.23. The lowest BCUT2D eigenvalue weighted by Gasteiger charge is -2.18. The highest BCUT2D eigenvalue weighted by molar-refractivity contribution is 6.03. The number of hydrogen-bond donors (Lipinski definition) is 1. The third-order valence-corrected chi connectivity index (χ3v) is 5.15. The van der Waals surface area contributed by atoms with E-state index in [9.17, 15) is 9.59 Å². The highest BCUT2D eigenvalue weighted by atomic mass is 16.2. The van der Waals surface area contributed by atoms with E-state index in [4.69, 9.17) is 0 Å². The quantitative estimate of drug-likeness (QED) is 0.931. The Morgan fingerprint density at radius 1 is 1.08 bits per heavy atom. The van der Waals surface area contributed by atoms with Crippen LogP contribution in [-0.2, 0) is 17.8 Å². The Morgan fingerprint density at radius 2 is 1.84 bits per heavy atom. The Kier molecular flexibility index (Phi) is 4.26. The molecule has 1 aliphatic heterocycles. The lowest BCUT2D eigenvalue weighted by atomic mass is 10.1. The van der Waals surface area contributed by atoms with Crippen LogP contribution in [0.1, 0.15) is 47.2 Å². The first-order valence-corrected chi connectivity index (χ1v) is 8.99. The van der Waals surface area contributed by atoms with Crippen molar-refractivity contribution in [1.29, 1.82) is 0 Å². The number of carbonyl (C=O) groups excluding carboxylic acids is 2. The van der Waals surface area contributed by atoms with Gasteiger partial charge >= 0.3 is 0 Å². The van der Waals surface area contributed by atoms with Crippen LogP contribution >= 0.6 is 0 Å². The second kappa shape index (κ2) is 6.71. The molecule has 1 saturated carbocycles. The number of amides is 2. The molecule has 1 heterocycles. The number of fused-ring (bicyclic) bond motifs is 1. The molecule has 0 saturated heterocycles. The molecule has 1 N–H and O–H groups in total. The number of benzene rings is 2. The standard InChI is InChI=1S/C21H22N2O2/c24-20-13-17-12-16(21(25)22-18-8-4-5-9-18)10-11-19(17)23(20)14-15-6-2-1-3-7-15/h1-3,6-7,10-12,18H,4-5,8-9,13-14H2,(H,22,25). The smallest absolute Gasteiger partial charge is 0.251 e. The highest BCUT2D eigenvalue weighted by Crippen LogP contribution is 2.31. The molecule has 0 aromatic heterocycles. The zero-order valence-electron chi connectivity index (χ0n) is 14.2. The molecule has 0 unspecified atom stereocenters. The normalized spacial score (nSPS) is 17.0. The summed E-state index contributed by atoms with van der Waals surface area (Å²) in [5.41, 5.74) is 3.62. The van der Waals surface area contributed by atoms with Crippen molar-refractivity contribution in [1.82, 2.24) is 5.32 Å². The van der Waals surface area contributed by atoms with Crippen molar-refractivity contribution in [2.24, 2.45) is 0 Å². The van der Waals surface area contributed by atoms with E-state index in [0.717, 1.165) is 29.7 Å². The predicted molar refractivity (Wildman–Crippen MR) is 97.5 cm³/mol. The van der Waals surface area contributed by atoms with E-state index in [1.807, 2.05) is 53.4 Å². The van der Waals surface area contributed by atoms with Crippen LogP contribution in [0.25, 0.3) is 0 Å². The van der Waals surface area contributed by atoms with Crippen molar-refractivity contribution >= 4 is 17.5 Å². The second-order valence-corrected chi connectivity index (χ2v) is 6.94. The zero-order valence-corrected chi connectivity index (χ0v) is 14.2. The van der Waals surface area contributed by atoms with Crippen LogP contribution in [0.3, 0.4) is 0 Å². The summed E-state index contributed by atoms with van der Waals surface area (Å²) in [6.45, 7) is 0.570. The molecule has 4 nitrogen and oxygen atoms in total. The van der Waals surface area contributed by atoms with Crippen molar-refractivity contribution in [3.63, 3.8) is 0 Å². The van der Waals surface area contributed by atoms with Crippen LogP contribution in [0.5, 0.6) is 0 Å². The summed E-state index contributed by atoms with van der Waals surface area (Å²) in [6, 6.07) is 15.9. The number of carbonyl (C=O) groups is 2. The Morgan fingerprint density at radius 3 is 2.60 bits per heavy atom. The van der Waals surface area contributed by atoms with Gasteiger partial charge in [0.15, 0.2) is 0 Å². The maximum atomic E-state index is 12.4. The minimum absolute atomic E-state index is 0.0244. The van der Waals surface area contributed by atoms with E-state index >= 15 is 0 Å². The number of nitrogens with one attached hydrogen (secondary N) is 1. The van der Waals surface area contributed by atoms with Crippen LogP contribution in [0.4, 0.5) is 5.69 Å². The Balaban J connectivity index is 1.52. The average molecular weight is 334 g/mol. The van der Waals surface area contributed by atoms with Crippen LogP contribution in [0, 0.1) is 0 Å². The summed E-state index contributed by atoms with van der Waals surface area (Å²) < 4.78 is 0. The van der Waals surface area contributed by atoms with Crippen molar-refractivity contribution < 1.29 is 9.59 Å². The van der Waals surface area contributed by atoms with Gasteiger partial charge in [-0.2, -0.15) is 0 Å². The molecule has 4 rings (SSSR count). The molecule has 0 radical (unpaired) electrons. The lowest BCUT2D eigenvalue weighted by molar-refractivity contribution is -0.117. The van der Waals surface area contributed by atoms with Crippen LogP contribution in [-0.4, -0.2) is 17.9 Å². The first-order chi connectivity index (χ1) is 12.2. The fourth-order valence-corrected chi connectivity index (χ4v) is 3.80. The summed E-state index contributed by atoms with van der Waals surface area (Å²) in [5.74, 6) is 0.0656. The molecule has 0 spiro atoms. The van der Waals surface area contributed by atoms with Crippen LogP contribution < -0.4 is 10.2 Å². The Hall–Kier alpha value is -2.62. The molecule has 0 atom stereocenters. The van der Waals surface area contributed by atoms with Gasteiger partial charge in [-0.1, -0.05) is 43.2 Å². The van der Waals surface area contributed by atoms with Gasteiger partial charge in [0.25, 0.3) is 5.91 Å². The summed E-state index contributed by atoms with van der Waals surface area (Å²) in [6.07, 6.45) is 4.89. The van der Waals surface area contributed by atoms with Crippen molar-refractivity contribution in [3.8, 4) is 0 Å².